The zero-order chi connectivity index (χ0) is 17.9. The zero-order valence-electron chi connectivity index (χ0n) is 14.0. The highest BCUT2D eigenvalue weighted by atomic mass is 19.1. The van der Waals surface area contributed by atoms with E-state index in [0.717, 1.165) is 29.8 Å². The van der Waals surface area contributed by atoms with Crippen LogP contribution in [0, 0.1) is 5.82 Å². The molecule has 3 aromatic rings. The van der Waals surface area contributed by atoms with Crippen LogP contribution in [0.4, 0.5) is 10.2 Å². The van der Waals surface area contributed by atoms with Crippen molar-refractivity contribution < 1.29 is 4.39 Å². The topological polar surface area (TPSA) is 82.0 Å². The van der Waals surface area contributed by atoms with Gasteiger partial charge in [-0.05, 0) is 30.5 Å². The van der Waals surface area contributed by atoms with Gasteiger partial charge in [-0.15, -0.1) is 0 Å². The molecule has 1 aliphatic heterocycles. The molecule has 0 unspecified atom stereocenters. The third kappa shape index (κ3) is 3.23. The van der Waals surface area contributed by atoms with Crippen LogP contribution in [0.5, 0.6) is 0 Å². The number of aliphatic imine (C=N–C) groups is 1. The molecular formula is C19H17FN6. The Kier molecular flexibility index (Phi) is 4.27. The summed E-state index contributed by atoms with van der Waals surface area (Å²) in [5, 5.41) is 4.60. The largest absolute Gasteiger partial charge is 0.384 e. The molecule has 130 valence electrons. The van der Waals surface area contributed by atoms with Gasteiger partial charge in [-0.1, -0.05) is 24.3 Å². The maximum Gasteiger partial charge on any atom is 0.252 e. The Balaban J connectivity index is 1.79. The minimum atomic E-state index is -0.251. The van der Waals surface area contributed by atoms with Gasteiger partial charge in [0.2, 0.25) is 0 Å². The van der Waals surface area contributed by atoms with E-state index in [4.69, 9.17) is 5.73 Å². The summed E-state index contributed by atoms with van der Waals surface area (Å²) in [6.07, 6.45) is 9.31. The number of benzene rings is 1. The molecule has 0 aliphatic carbocycles. The van der Waals surface area contributed by atoms with E-state index in [1.165, 1.54) is 6.07 Å². The second-order valence-corrected chi connectivity index (χ2v) is 5.98. The molecule has 3 heterocycles. The lowest BCUT2D eigenvalue weighted by Gasteiger charge is -2.08. The Bertz CT molecular complexity index is 1000. The van der Waals surface area contributed by atoms with Crippen LogP contribution in [0.25, 0.3) is 5.95 Å². The van der Waals surface area contributed by atoms with E-state index in [2.05, 4.69) is 20.1 Å². The number of nitrogens with two attached hydrogens (primary N) is 1. The van der Waals surface area contributed by atoms with Crippen LogP contribution in [0.2, 0.25) is 0 Å². The van der Waals surface area contributed by atoms with Gasteiger partial charge in [0, 0.05) is 30.6 Å². The van der Waals surface area contributed by atoms with Crippen LogP contribution in [0.15, 0.2) is 60.0 Å². The molecule has 0 spiro atoms. The summed E-state index contributed by atoms with van der Waals surface area (Å²) in [5.74, 6) is 0.484. The lowest BCUT2D eigenvalue weighted by atomic mass is 10.0. The van der Waals surface area contributed by atoms with Crippen LogP contribution in [0.3, 0.4) is 0 Å². The minimum Gasteiger partial charge on any atom is -0.384 e. The van der Waals surface area contributed by atoms with Crippen molar-refractivity contribution in [3.63, 3.8) is 0 Å². The number of aromatic nitrogens is 4. The summed E-state index contributed by atoms with van der Waals surface area (Å²) in [4.78, 5) is 12.9. The van der Waals surface area contributed by atoms with Gasteiger partial charge in [0.25, 0.3) is 5.95 Å². The molecule has 0 amide bonds. The van der Waals surface area contributed by atoms with Crippen LogP contribution in [0.1, 0.15) is 29.7 Å². The van der Waals surface area contributed by atoms with Gasteiger partial charge in [-0.25, -0.2) is 14.1 Å². The molecule has 0 atom stereocenters. The predicted octanol–water partition coefficient (Wildman–Crippen LogP) is 3.07. The standard InChI is InChI=1S/C19H17FN6/c20-15-6-2-1-5-13(15)11-17-14(16-7-3-4-9-22-16)12-26(25-17)19-23-10-8-18(21)24-19/h1-2,4-6,8-10,12H,3,7,11H2,(H2,21,23,24). The number of nitrogen functional groups attached to an aromatic ring is 1. The van der Waals surface area contributed by atoms with Gasteiger partial charge >= 0.3 is 0 Å². The van der Waals surface area contributed by atoms with E-state index in [0.29, 0.717) is 23.8 Å². The van der Waals surface area contributed by atoms with E-state index in [1.807, 2.05) is 18.3 Å². The summed E-state index contributed by atoms with van der Waals surface area (Å²) in [7, 11) is 0. The fourth-order valence-corrected chi connectivity index (χ4v) is 2.88. The second-order valence-electron chi connectivity index (χ2n) is 5.98. The monoisotopic (exact) mass is 348 g/mol. The average molecular weight is 348 g/mol. The van der Waals surface area contributed by atoms with E-state index in [9.17, 15) is 4.39 Å². The van der Waals surface area contributed by atoms with Crippen LogP contribution >= 0.6 is 0 Å². The van der Waals surface area contributed by atoms with Crippen molar-refractivity contribution in [1.82, 2.24) is 19.7 Å². The Hall–Kier alpha value is -3.35. The number of nitrogens with zero attached hydrogens (tertiary/aromatic N) is 5. The summed E-state index contributed by atoms with van der Waals surface area (Å²) in [6.45, 7) is 0. The van der Waals surface area contributed by atoms with Gasteiger partial charge in [0.15, 0.2) is 0 Å². The molecule has 0 radical (unpaired) electrons. The molecule has 7 heteroatoms. The number of allylic oxidation sites excluding steroid dienone is 1. The summed E-state index contributed by atoms with van der Waals surface area (Å²) >= 11 is 0. The van der Waals surface area contributed by atoms with Crippen molar-refractivity contribution >= 4 is 11.5 Å². The van der Waals surface area contributed by atoms with Gasteiger partial charge in [-0.2, -0.15) is 10.1 Å². The van der Waals surface area contributed by atoms with E-state index in [-0.39, 0.29) is 5.82 Å². The molecule has 0 bridgehead atoms. The normalized spacial score (nSPS) is 13.7. The van der Waals surface area contributed by atoms with Crippen LogP contribution in [-0.4, -0.2) is 25.5 Å². The molecule has 1 aliphatic rings. The SMILES string of the molecule is Nc1ccnc(-n2cc(C3=NC=CCC3)c(Cc3ccccc3F)n2)n1. The molecule has 0 saturated heterocycles. The third-order valence-corrected chi connectivity index (χ3v) is 4.17. The first-order valence-corrected chi connectivity index (χ1v) is 8.33. The Labute approximate surface area is 149 Å². The smallest absolute Gasteiger partial charge is 0.252 e. The highest BCUT2D eigenvalue weighted by Crippen LogP contribution is 2.21. The van der Waals surface area contributed by atoms with E-state index in [1.54, 1.807) is 35.3 Å². The molecule has 0 fully saturated rings. The van der Waals surface area contributed by atoms with Gasteiger partial charge in [0.1, 0.15) is 11.6 Å². The van der Waals surface area contributed by atoms with Crippen molar-refractivity contribution in [2.45, 2.75) is 19.3 Å². The lowest BCUT2D eigenvalue weighted by molar-refractivity contribution is 0.612. The number of rotatable bonds is 4. The molecule has 0 saturated carbocycles. The van der Waals surface area contributed by atoms with Crippen LogP contribution < -0.4 is 5.73 Å². The highest BCUT2D eigenvalue weighted by molar-refractivity contribution is 6.02. The van der Waals surface area contributed by atoms with Gasteiger partial charge in [0.05, 0.1) is 11.4 Å². The highest BCUT2D eigenvalue weighted by Gasteiger charge is 2.18. The van der Waals surface area contributed by atoms with E-state index < -0.39 is 0 Å². The quantitative estimate of drug-likeness (QED) is 0.785. The first-order valence-electron chi connectivity index (χ1n) is 8.33. The molecule has 26 heavy (non-hydrogen) atoms. The van der Waals surface area contributed by atoms with E-state index >= 15 is 0 Å². The van der Waals surface area contributed by atoms with Crippen molar-refractivity contribution in [3.05, 3.63) is 77.6 Å². The summed E-state index contributed by atoms with van der Waals surface area (Å²) in [5.41, 5.74) is 8.87. The Morgan fingerprint density at radius 2 is 2.08 bits per heavy atom. The fourth-order valence-electron chi connectivity index (χ4n) is 2.88. The number of halogens is 1. The maximum absolute atomic E-state index is 14.1. The van der Waals surface area contributed by atoms with Crippen molar-refractivity contribution in [2.24, 2.45) is 4.99 Å². The average Bonchev–Trinajstić information content (AvgIpc) is 3.08. The summed E-state index contributed by atoms with van der Waals surface area (Å²) in [6, 6.07) is 8.32. The number of hydrogen-bond donors (Lipinski definition) is 1. The Morgan fingerprint density at radius 1 is 1.19 bits per heavy atom. The van der Waals surface area contributed by atoms with Crippen molar-refractivity contribution in [3.8, 4) is 5.95 Å². The van der Waals surface area contributed by atoms with Crippen molar-refractivity contribution in [1.29, 1.82) is 0 Å². The minimum absolute atomic E-state index is 0.251. The first-order chi connectivity index (χ1) is 12.7. The van der Waals surface area contributed by atoms with Crippen molar-refractivity contribution in [2.75, 3.05) is 5.73 Å². The molecular weight excluding hydrogens is 331 g/mol. The third-order valence-electron chi connectivity index (χ3n) is 4.17. The Morgan fingerprint density at radius 3 is 2.85 bits per heavy atom. The molecule has 2 N–H and O–H groups in total. The number of anilines is 1. The number of hydrogen-bond acceptors (Lipinski definition) is 5. The van der Waals surface area contributed by atoms with Crippen LogP contribution in [-0.2, 0) is 6.42 Å². The molecule has 6 nitrogen and oxygen atoms in total. The summed E-state index contributed by atoms with van der Waals surface area (Å²) < 4.78 is 15.7. The maximum atomic E-state index is 14.1. The predicted molar refractivity (Wildman–Crippen MR) is 97.7 cm³/mol. The first kappa shape index (κ1) is 16.1. The lowest BCUT2D eigenvalue weighted by Crippen LogP contribution is -2.06. The second kappa shape index (κ2) is 6.87. The van der Waals surface area contributed by atoms with Gasteiger partial charge in [-0.3, -0.25) is 4.99 Å². The molecule has 1 aromatic carbocycles. The fraction of sp³-hybridized carbons (Fsp3) is 0.158. The molecule has 2 aromatic heterocycles. The molecule has 4 rings (SSSR count). The van der Waals surface area contributed by atoms with Gasteiger partial charge < -0.3 is 5.73 Å². The zero-order valence-corrected chi connectivity index (χ0v) is 14.0.